The summed E-state index contributed by atoms with van der Waals surface area (Å²) in [4.78, 5) is 2.34. The van der Waals surface area contributed by atoms with Crippen LogP contribution in [0.1, 0.15) is 25.0 Å². The molecule has 0 saturated heterocycles. The average Bonchev–Trinajstić information content (AvgIpc) is 3.54. The van der Waals surface area contributed by atoms with Gasteiger partial charge in [0.2, 0.25) is 0 Å². The third-order valence-corrected chi connectivity index (χ3v) is 9.74. The van der Waals surface area contributed by atoms with Crippen LogP contribution in [0.3, 0.4) is 0 Å². The van der Waals surface area contributed by atoms with Crippen molar-refractivity contribution in [3.05, 3.63) is 169 Å². The number of benzene rings is 7. The van der Waals surface area contributed by atoms with Crippen LogP contribution in [-0.2, 0) is 5.41 Å². The second-order valence-corrected chi connectivity index (χ2v) is 12.6. The summed E-state index contributed by atoms with van der Waals surface area (Å²) in [6.45, 7) is 4.75. The van der Waals surface area contributed by atoms with Crippen molar-refractivity contribution < 1.29 is 0 Å². The minimum absolute atomic E-state index is 0.0794. The van der Waals surface area contributed by atoms with Gasteiger partial charge >= 0.3 is 0 Å². The van der Waals surface area contributed by atoms with Crippen molar-refractivity contribution >= 4 is 49.6 Å². The van der Waals surface area contributed by atoms with Gasteiger partial charge in [-0.05, 0) is 76.2 Å². The van der Waals surface area contributed by atoms with Gasteiger partial charge in [0.1, 0.15) is 0 Å². The smallest absolute Gasteiger partial charge is 0.0562 e. The minimum Gasteiger partial charge on any atom is -0.310 e. The first-order valence-electron chi connectivity index (χ1n) is 15.7. The van der Waals surface area contributed by atoms with Gasteiger partial charge in [-0.3, -0.25) is 0 Å². The highest BCUT2D eigenvalue weighted by atomic mass is 15.1. The van der Waals surface area contributed by atoms with Crippen molar-refractivity contribution in [2.45, 2.75) is 19.3 Å². The molecule has 0 amide bonds. The van der Waals surface area contributed by atoms with Crippen LogP contribution in [0, 0.1) is 0 Å². The van der Waals surface area contributed by atoms with E-state index < -0.39 is 0 Å². The van der Waals surface area contributed by atoms with E-state index in [-0.39, 0.29) is 5.41 Å². The van der Waals surface area contributed by atoms with Gasteiger partial charge in [-0.15, -0.1) is 0 Å². The summed E-state index contributed by atoms with van der Waals surface area (Å²) in [7, 11) is 0. The fourth-order valence-corrected chi connectivity index (χ4v) is 7.79. The number of nitrogens with zero attached hydrogens (tertiary/aromatic N) is 2. The second kappa shape index (κ2) is 9.70. The zero-order chi connectivity index (χ0) is 30.1. The number of para-hydroxylation sites is 3. The van der Waals surface area contributed by atoms with Crippen molar-refractivity contribution in [1.82, 2.24) is 4.57 Å². The summed E-state index contributed by atoms with van der Waals surface area (Å²) >= 11 is 0. The first-order valence-corrected chi connectivity index (χ1v) is 15.7. The molecule has 2 nitrogen and oxygen atoms in total. The van der Waals surface area contributed by atoms with E-state index in [4.69, 9.17) is 0 Å². The molecule has 0 spiro atoms. The maximum Gasteiger partial charge on any atom is 0.0562 e. The van der Waals surface area contributed by atoms with Gasteiger partial charge in [0.25, 0.3) is 0 Å². The third kappa shape index (κ3) is 3.76. The Bertz CT molecular complexity index is 2360. The molecule has 1 heterocycles. The number of fused-ring (bicyclic) bond motifs is 8. The molecule has 0 radical (unpaired) electrons. The van der Waals surface area contributed by atoms with Crippen LogP contribution < -0.4 is 4.90 Å². The molecular weight excluding hydrogens is 544 g/mol. The van der Waals surface area contributed by atoms with Gasteiger partial charge in [-0.25, -0.2) is 0 Å². The second-order valence-electron chi connectivity index (χ2n) is 12.6. The SMILES string of the molecule is CC1(C)c2ccccc2-c2ccc3c(-n4c5ccccc5c5ccc(N(c6ccccc6)c6ccccc6)cc54)cccc3c21. The molecule has 0 unspecified atom stereocenters. The topological polar surface area (TPSA) is 8.17 Å². The van der Waals surface area contributed by atoms with E-state index in [1.165, 1.54) is 60.5 Å². The maximum absolute atomic E-state index is 2.48. The van der Waals surface area contributed by atoms with Crippen molar-refractivity contribution in [1.29, 1.82) is 0 Å². The Morgan fingerprint density at radius 1 is 0.444 bits per heavy atom. The van der Waals surface area contributed by atoms with Crippen molar-refractivity contribution in [3.63, 3.8) is 0 Å². The average molecular weight is 577 g/mol. The van der Waals surface area contributed by atoms with Crippen molar-refractivity contribution in [2.75, 3.05) is 4.90 Å². The molecule has 2 heteroatoms. The van der Waals surface area contributed by atoms with E-state index in [0.717, 1.165) is 17.1 Å². The molecule has 1 aliphatic carbocycles. The molecule has 0 aliphatic heterocycles. The zero-order valence-corrected chi connectivity index (χ0v) is 25.4. The Balaban J connectivity index is 1.33. The van der Waals surface area contributed by atoms with Crippen LogP contribution in [-0.4, -0.2) is 4.57 Å². The first-order chi connectivity index (χ1) is 22.1. The standard InChI is InChI=1S/C43H32N2/c1-43(2)38-21-11-9-18-32(38)37-27-26-35-36(42(37)43)20-13-23-40(35)45-39-22-12-10-19-33(39)34-25-24-31(28-41(34)45)44(29-14-5-3-6-15-29)30-16-7-4-8-17-30/h3-28H,1-2H3. The van der Waals surface area contributed by atoms with E-state index in [1.807, 2.05) is 0 Å². The van der Waals surface area contributed by atoms with Crippen LogP contribution in [0.15, 0.2) is 158 Å². The lowest BCUT2D eigenvalue weighted by Gasteiger charge is -2.26. The summed E-state index contributed by atoms with van der Waals surface area (Å²) < 4.78 is 2.48. The van der Waals surface area contributed by atoms with Gasteiger partial charge < -0.3 is 9.47 Å². The summed E-state index contributed by atoms with van der Waals surface area (Å²) in [6.07, 6.45) is 0. The Morgan fingerprint density at radius 2 is 1.07 bits per heavy atom. The third-order valence-electron chi connectivity index (χ3n) is 9.74. The molecule has 0 saturated carbocycles. The highest BCUT2D eigenvalue weighted by molar-refractivity contribution is 6.12. The highest BCUT2D eigenvalue weighted by Crippen LogP contribution is 2.52. The van der Waals surface area contributed by atoms with Crippen molar-refractivity contribution in [2.24, 2.45) is 0 Å². The Kier molecular flexibility index (Phi) is 5.58. The van der Waals surface area contributed by atoms with Crippen LogP contribution in [0.4, 0.5) is 17.1 Å². The lowest BCUT2D eigenvalue weighted by Crippen LogP contribution is -2.15. The quantitative estimate of drug-likeness (QED) is 0.202. The highest BCUT2D eigenvalue weighted by Gasteiger charge is 2.36. The van der Waals surface area contributed by atoms with Gasteiger partial charge in [0, 0.05) is 38.6 Å². The molecule has 0 atom stereocenters. The summed E-state index contributed by atoms with van der Waals surface area (Å²) in [5, 5.41) is 5.11. The van der Waals surface area contributed by atoms with Gasteiger partial charge in [0.05, 0.1) is 16.7 Å². The molecule has 45 heavy (non-hydrogen) atoms. The predicted octanol–water partition coefficient (Wildman–Crippen LogP) is 11.7. The van der Waals surface area contributed by atoms with E-state index in [1.54, 1.807) is 0 Å². The van der Waals surface area contributed by atoms with E-state index in [0.29, 0.717) is 0 Å². The van der Waals surface area contributed by atoms with Crippen LogP contribution in [0.5, 0.6) is 0 Å². The molecule has 0 bridgehead atoms. The monoisotopic (exact) mass is 576 g/mol. The van der Waals surface area contributed by atoms with Crippen LogP contribution >= 0.6 is 0 Å². The van der Waals surface area contributed by atoms with Gasteiger partial charge in [0.15, 0.2) is 0 Å². The summed E-state index contributed by atoms with van der Waals surface area (Å²) in [6, 6.07) is 57.4. The molecule has 7 aromatic carbocycles. The van der Waals surface area contributed by atoms with Crippen LogP contribution in [0.2, 0.25) is 0 Å². The van der Waals surface area contributed by atoms with Gasteiger partial charge in [-0.1, -0.05) is 123 Å². The molecule has 1 aliphatic rings. The fraction of sp³-hybridized carbons (Fsp3) is 0.0698. The molecule has 0 fully saturated rings. The lowest BCUT2D eigenvalue weighted by molar-refractivity contribution is 0.666. The largest absolute Gasteiger partial charge is 0.310 e. The molecule has 9 rings (SSSR count). The number of rotatable bonds is 4. The van der Waals surface area contributed by atoms with E-state index >= 15 is 0 Å². The van der Waals surface area contributed by atoms with E-state index in [9.17, 15) is 0 Å². The number of aromatic nitrogens is 1. The lowest BCUT2D eigenvalue weighted by atomic mass is 9.80. The normalized spacial score (nSPS) is 13.3. The number of anilines is 3. The Labute approximate surface area is 263 Å². The molecule has 214 valence electrons. The molecule has 0 N–H and O–H groups in total. The summed E-state index contributed by atoms with van der Waals surface area (Å²) in [5.74, 6) is 0. The Morgan fingerprint density at radius 3 is 1.84 bits per heavy atom. The zero-order valence-electron chi connectivity index (χ0n) is 25.4. The van der Waals surface area contributed by atoms with Gasteiger partial charge in [-0.2, -0.15) is 0 Å². The molecule has 8 aromatic rings. The van der Waals surface area contributed by atoms with Crippen molar-refractivity contribution in [3.8, 4) is 16.8 Å². The fourth-order valence-electron chi connectivity index (χ4n) is 7.79. The molecule has 1 aromatic heterocycles. The van der Waals surface area contributed by atoms with Crippen LogP contribution in [0.25, 0.3) is 49.4 Å². The van der Waals surface area contributed by atoms with E-state index in [2.05, 4.69) is 181 Å². The Hall–Kier alpha value is -5.60. The number of hydrogen-bond acceptors (Lipinski definition) is 1. The maximum atomic E-state index is 2.48. The first kappa shape index (κ1) is 25.9. The minimum atomic E-state index is -0.0794. The molecular formula is C43H32N2. The summed E-state index contributed by atoms with van der Waals surface area (Å²) in [5.41, 5.74) is 12.5. The number of hydrogen-bond donors (Lipinski definition) is 0. The predicted molar refractivity (Wildman–Crippen MR) is 191 cm³/mol.